The molecule has 0 aliphatic carbocycles. The number of hydrogen-bond acceptors (Lipinski definition) is 4. The quantitative estimate of drug-likeness (QED) is 0.613. The number of nitrogens with two attached hydrogens (primary N) is 1. The summed E-state index contributed by atoms with van der Waals surface area (Å²) in [5, 5.41) is 4.31. The van der Waals surface area contributed by atoms with E-state index in [0.29, 0.717) is 5.69 Å². The van der Waals surface area contributed by atoms with Crippen LogP contribution in [0.15, 0.2) is 18.2 Å². The van der Waals surface area contributed by atoms with Gasteiger partial charge in [0.15, 0.2) is 0 Å². The van der Waals surface area contributed by atoms with Crippen molar-refractivity contribution in [3.05, 3.63) is 23.8 Å². The van der Waals surface area contributed by atoms with Gasteiger partial charge in [-0.25, -0.2) is 0 Å². The van der Waals surface area contributed by atoms with Crippen molar-refractivity contribution in [1.82, 2.24) is 5.06 Å². The summed E-state index contributed by atoms with van der Waals surface area (Å²) in [6.45, 7) is 3.64. The van der Waals surface area contributed by atoms with E-state index in [1.165, 1.54) is 12.2 Å². The van der Waals surface area contributed by atoms with Crippen LogP contribution in [0, 0.1) is 6.92 Å². The molecule has 1 atom stereocenters. The lowest BCUT2D eigenvalue weighted by Gasteiger charge is -2.21. The first kappa shape index (κ1) is 13.5. The van der Waals surface area contributed by atoms with Crippen LogP contribution in [0.3, 0.4) is 0 Å². The highest BCUT2D eigenvalue weighted by atomic mass is 16.7. The molecule has 1 rings (SSSR count). The number of hydroxylamine groups is 2. The molecule has 17 heavy (non-hydrogen) atoms. The number of likely N-dealkylation sites (N-methyl/N-ethyl adjacent to an activating group) is 1. The minimum Gasteiger partial charge on any atom is -0.398 e. The van der Waals surface area contributed by atoms with Crippen LogP contribution in [0.2, 0.25) is 0 Å². The average Bonchev–Trinajstić information content (AvgIpc) is 2.32. The smallest absolute Gasteiger partial charge is 0.243 e. The molecular weight excluding hydrogens is 218 g/mol. The van der Waals surface area contributed by atoms with Gasteiger partial charge in [-0.15, -0.1) is 0 Å². The van der Waals surface area contributed by atoms with E-state index in [0.717, 1.165) is 11.3 Å². The number of anilines is 2. The molecule has 0 radical (unpaired) electrons. The van der Waals surface area contributed by atoms with Crippen molar-refractivity contribution in [3.63, 3.8) is 0 Å². The van der Waals surface area contributed by atoms with Crippen molar-refractivity contribution in [2.45, 2.75) is 19.9 Å². The Morgan fingerprint density at radius 2 is 2.18 bits per heavy atom. The minimum absolute atomic E-state index is 0.136. The lowest BCUT2D eigenvalue weighted by atomic mass is 10.1. The molecular formula is C12H19N3O2. The van der Waals surface area contributed by atoms with Gasteiger partial charge < -0.3 is 15.9 Å². The Bertz CT molecular complexity index is 407. The average molecular weight is 237 g/mol. The SMILES string of the molecule is CON(C)C(C)C(=O)Nc1cccc(N)c1C. The Labute approximate surface area is 101 Å². The highest BCUT2D eigenvalue weighted by Gasteiger charge is 2.18. The standard InChI is InChI=1S/C12H19N3O2/c1-8-10(13)6-5-7-11(8)14-12(16)9(2)15(3)17-4/h5-7,9H,13H2,1-4H3,(H,14,16). The fraction of sp³-hybridized carbons (Fsp3) is 0.417. The first-order valence-corrected chi connectivity index (χ1v) is 5.40. The fourth-order valence-corrected chi connectivity index (χ4v) is 1.35. The van der Waals surface area contributed by atoms with Crippen LogP contribution in [-0.2, 0) is 9.63 Å². The highest BCUT2D eigenvalue weighted by Crippen LogP contribution is 2.20. The molecule has 3 N–H and O–H groups in total. The van der Waals surface area contributed by atoms with Gasteiger partial charge in [0.05, 0.1) is 7.11 Å². The number of amides is 1. The summed E-state index contributed by atoms with van der Waals surface area (Å²) in [7, 11) is 3.23. The Balaban J connectivity index is 2.78. The van der Waals surface area contributed by atoms with Crippen LogP contribution < -0.4 is 11.1 Å². The topological polar surface area (TPSA) is 67.6 Å². The molecule has 0 fully saturated rings. The predicted octanol–water partition coefficient (Wildman–Crippen LogP) is 1.40. The van der Waals surface area contributed by atoms with E-state index < -0.39 is 0 Å². The summed E-state index contributed by atoms with van der Waals surface area (Å²) in [4.78, 5) is 16.9. The van der Waals surface area contributed by atoms with Crippen LogP contribution in [0.25, 0.3) is 0 Å². The number of hydrogen-bond donors (Lipinski definition) is 2. The first-order valence-electron chi connectivity index (χ1n) is 5.40. The normalized spacial score (nSPS) is 12.5. The van der Waals surface area contributed by atoms with Gasteiger partial charge in [-0.1, -0.05) is 6.07 Å². The number of carbonyl (C=O) groups is 1. The van der Waals surface area contributed by atoms with Crippen LogP contribution in [0.1, 0.15) is 12.5 Å². The summed E-state index contributed by atoms with van der Waals surface area (Å²) in [5.41, 5.74) is 8.03. The van der Waals surface area contributed by atoms with Gasteiger partial charge in [0, 0.05) is 18.4 Å². The van der Waals surface area contributed by atoms with Crippen molar-refractivity contribution >= 4 is 17.3 Å². The van der Waals surface area contributed by atoms with Crippen molar-refractivity contribution < 1.29 is 9.63 Å². The van der Waals surface area contributed by atoms with Crippen molar-refractivity contribution in [2.75, 3.05) is 25.2 Å². The largest absolute Gasteiger partial charge is 0.398 e. The second-order valence-corrected chi connectivity index (χ2v) is 3.91. The molecule has 5 nitrogen and oxygen atoms in total. The van der Waals surface area contributed by atoms with Gasteiger partial charge in [-0.2, -0.15) is 5.06 Å². The van der Waals surface area contributed by atoms with E-state index in [4.69, 9.17) is 10.6 Å². The molecule has 0 spiro atoms. The molecule has 94 valence electrons. The van der Waals surface area contributed by atoms with Gasteiger partial charge >= 0.3 is 0 Å². The molecule has 0 aliphatic rings. The number of rotatable bonds is 4. The number of nitrogen functional groups attached to an aromatic ring is 1. The Kier molecular flexibility index (Phi) is 4.48. The van der Waals surface area contributed by atoms with Crippen molar-refractivity contribution in [3.8, 4) is 0 Å². The van der Waals surface area contributed by atoms with Crippen LogP contribution in [0.4, 0.5) is 11.4 Å². The third-order valence-corrected chi connectivity index (χ3v) is 2.85. The third-order valence-electron chi connectivity index (χ3n) is 2.85. The van der Waals surface area contributed by atoms with Gasteiger partial charge in [-0.05, 0) is 31.5 Å². The number of carbonyl (C=O) groups excluding carboxylic acids is 1. The molecule has 1 aromatic carbocycles. The molecule has 0 saturated heterocycles. The number of nitrogens with zero attached hydrogens (tertiary/aromatic N) is 1. The van der Waals surface area contributed by atoms with E-state index >= 15 is 0 Å². The van der Waals surface area contributed by atoms with Crippen LogP contribution in [-0.4, -0.2) is 31.2 Å². The Morgan fingerprint density at radius 3 is 2.76 bits per heavy atom. The van der Waals surface area contributed by atoms with Gasteiger partial charge in [-0.3, -0.25) is 4.79 Å². The highest BCUT2D eigenvalue weighted by molar-refractivity contribution is 5.95. The zero-order valence-electron chi connectivity index (χ0n) is 10.7. The summed E-state index contributed by atoms with van der Waals surface area (Å²) < 4.78 is 0. The molecule has 1 amide bonds. The lowest BCUT2D eigenvalue weighted by Crippen LogP contribution is -2.39. The molecule has 5 heteroatoms. The van der Waals surface area contributed by atoms with Crippen LogP contribution >= 0.6 is 0 Å². The Hall–Kier alpha value is -1.59. The van der Waals surface area contributed by atoms with E-state index in [1.54, 1.807) is 20.0 Å². The van der Waals surface area contributed by atoms with E-state index in [1.807, 2.05) is 19.1 Å². The van der Waals surface area contributed by atoms with E-state index in [-0.39, 0.29) is 11.9 Å². The molecule has 1 aromatic rings. The molecule has 0 aromatic heterocycles. The second kappa shape index (κ2) is 5.65. The monoisotopic (exact) mass is 237 g/mol. The zero-order valence-corrected chi connectivity index (χ0v) is 10.7. The summed E-state index contributed by atoms with van der Waals surface area (Å²) in [6, 6.07) is 5.06. The Morgan fingerprint density at radius 1 is 1.53 bits per heavy atom. The summed E-state index contributed by atoms with van der Waals surface area (Å²) >= 11 is 0. The lowest BCUT2D eigenvalue weighted by molar-refractivity contribution is -0.154. The molecule has 0 saturated carbocycles. The maximum atomic E-state index is 11.9. The van der Waals surface area contributed by atoms with Crippen molar-refractivity contribution in [1.29, 1.82) is 0 Å². The first-order chi connectivity index (χ1) is 7.97. The van der Waals surface area contributed by atoms with Crippen LogP contribution in [0.5, 0.6) is 0 Å². The second-order valence-electron chi connectivity index (χ2n) is 3.91. The fourth-order valence-electron chi connectivity index (χ4n) is 1.35. The van der Waals surface area contributed by atoms with Gasteiger partial charge in [0.1, 0.15) is 6.04 Å². The number of nitrogens with one attached hydrogen (secondary N) is 1. The predicted molar refractivity (Wildman–Crippen MR) is 68.5 cm³/mol. The zero-order chi connectivity index (χ0) is 13.0. The molecule has 1 unspecified atom stereocenters. The van der Waals surface area contributed by atoms with Gasteiger partial charge in [0.2, 0.25) is 5.91 Å². The molecule has 0 aliphatic heterocycles. The summed E-state index contributed by atoms with van der Waals surface area (Å²) in [5.74, 6) is -0.136. The van der Waals surface area contributed by atoms with E-state index in [2.05, 4.69) is 5.32 Å². The van der Waals surface area contributed by atoms with Crippen molar-refractivity contribution in [2.24, 2.45) is 0 Å². The number of benzene rings is 1. The third kappa shape index (κ3) is 3.18. The summed E-state index contributed by atoms with van der Waals surface area (Å²) in [6.07, 6.45) is 0. The molecule has 0 heterocycles. The minimum atomic E-state index is -0.374. The van der Waals surface area contributed by atoms with Gasteiger partial charge in [0.25, 0.3) is 0 Å². The molecule has 0 bridgehead atoms. The maximum Gasteiger partial charge on any atom is 0.243 e. The van der Waals surface area contributed by atoms with E-state index in [9.17, 15) is 4.79 Å². The maximum absolute atomic E-state index is 11.9.